The van der Waals surface area contributed by atoms with Gasteiger partial charge in [0.05, 0.1) is 5.56 Å². The van der Waals surface area contributed by atoms with Gasteiger partial charge in [-0.2, -0.15) is 13.2 Å². The molecule has 0 bridgehead atoms. The van der Waals surface area contributed by atoms with Gasteiger partial charge < -0.3 is 19.3 Å². The summed E-state index contributed by atoms with van der Waals surface area (Å²) in [7, 11) is 0. The highest BCUT2D eigenvalue weighted by Crippen LogP contribution is 2.30. The van der Waals surface area contributed by atoms with E-state index >= 15 is 0 Å². The number of ether oxygens (including phenoxy) is 3. The molecule has 26 heavy (non-hydrogen) atoms. The Kier molecular flexibility index (Phi) is 6.74. The molecule has 2 aromatic rings. The second-order valence-corrected chi connectivity index (χ2v) is 5.67. The van der Waals surface area contributed by atoms with Crippen LogP contribution in [0.4, 0.5) is 13.2 Å². The molecule has 7 heteroatoms. The lowest BCUT2D eigenvalue weighted by Gasteiger charge is -2.19. The molecule has 0 aliphatic carbocycles. The maximum absolute atomic E-state index is 12.6. The van der Waals surface area contributed by atoms with Crippen LogP contribution in [0.25, 0.3) is 0 Å². The van der Waals surface area contributed by atoms with Crippen LogP contribution in [0.5, 0.6) is 17.2 Å². The minimum absolute atomic E-state index is 0.135. The summed E-state index contributed by atoms with van der Waals surface area (Å²) in [6.45, 7) is 4.37. The fourth-order valence-electron chi connectivity index (χ4n) is 2.22. The Balaban J connectivity index is 1.90. The molecule has 0 saturated carbocycles. The molecule has 0 saturated heterocycles. The smallest absolute Gasteiger partial charge is 0.416 e. The Morgan fingerprint density at radius 1 is 0.962 bits per heavy atom. The molecule has 0 spiro atoms. The van der Waals surface area contributed by atoms with Crippen LogP contribution >= 0.6 is 0 Å². The average Bonchev–Trinajstić information content (AvgIpc) is 2.60. The largest absolute Gasteiger partial charge is 0.508 e. The fourth-order valence-corrected chi connectivity index (χ4v) is 2.22. The van der Waals surface area contributed by atoms with Crippen LogP contribution in [0.3, 0.4) is 0 Å². The minimum atomic E-state index is -4.37. The van der Waals surface area contributed by atoms with Crippen molar-refractivity contribution < 1.29 is 32.5 Å². The van der Waals surface area contributed by atoms with Crippen molar-refractivity contribution in [2.75, 3.05) is 19.8 Å². The van der Waals surface area contributed by atoms with Crippen LogP contribution in [0.2, 0.25) is 0 Å². The molecule has 1 atom stereocenters. The van der Waals surface area contributed by atoms with Crippen molar-refractivity contribution in [1.82, 2.24) is 0 Å². The SMILES string of the molecule is CCOC(COc1ccc(C(F)(F)F)cc1)COc1ccc(O)c(C)c1. The zero-order valence-corrected chi connectivity index (χ0v) is 14.5. The monoisotopic (exact) mass is 370 g/mol. The number of aryl methyl sites for hydroxylation is 1. The van der Waals surface area contributed by atoms with Gasteiger partial charge in [0.2, 0.25) is 0 Å². The molecule has 0 fully saturated rings. The van der Waals surface area contributed by atoms with Gasteiger partial charge in [0.1, 0.15) is 36.6 Å². The molecule has 0 aliphatic rings. The predicted molar refractivity (Wildman–Crippen MR) is 90.7 cm³/mol. The van der Waals surface area contributed by atoms with Crippen molar-refractivity contribution in [2.45, 2.75) is 26.1 Å². The maximum atomic E-state index is 12.6. The normalized spacial score (nSPS) is 12.7. The molecule has 142 valence electrons. The molecule has 1 N–H and O–H groups in total. The van der Waals surface area contributed by atoms with Crippen LogP contribution in [-0.4, -0.2) is 31.0 Å². The van der Waals surface area contributed by atoms with E-state index in [0.717, 1.165) is 12.1 Å². The van der Waals surface area contributed by atoms with E-state index in [1.807, 2.05) is 6.92 Å². The summed E-state index contributed by atoms with van der Waals surface area (Å²) in [4.78, 5) is 0. The van der Waals surface area contributed by atoms with Gasteiger partial charge in [-0.1, -0.05) is 0 Å². The second kappa shape index (κ2) is 8.80. The third-order valence-electron chi connectivity index (χ3n) is 3.62. The Morgan fingerprint density at radius 2 is 1.54 bits per heavy atom. The van der Waals surface area contributed by atoms with Gasteiger partial charge >= 0.3 is 6.18 Å². The van der Waals surface area contributed by atoms with Crippen molar-refractivity contribution in [3.8, 4) is 17.2 Å². The predicted octanol–water partition coefficient (Wildman–Crippen LogP) is 4.58. The number of hydrogen-bond donors (Lipinski definition) is 1. The van der Waals surface area contributed by atoms with E-state index in [-0.39, 0.29) is 19.0 Å². The molecule has 1 unspecified atom stereocenters. The number of halogens is 3. The van der Waals surface area contributed by atoms with E-state index < -0.39 is 17.8 Å². The van der Waals surface area contributed by atoms with Crippen LogP contribution in [0.15, 0.2) is 42.5 Å². The van der Waals surface area contributed by atoms with E-state index in [1.54, 1.807) is 25.1 Å². The number of benzene rings is 2. The first-order valence-electron chi connectivity index (χ1n) is 8.13. The van der Waals surface area contributed by atoms with Gasteiger partial charge in [-0.15, -0.1) is 0 Å². The molecule has 2 aromatic carbocycles. The summed E-state index contributed by atoms with van der Waals surface area (Å²) in [6, 6.07) is 9.38. The number of phenolic OH excluding ortho intramolecular Hbond substituents is 1. The highest BCUT2D eigenvalue weighted by molar-refractivity contribution is 5.38. The van der Waals surface area contributed by atoms with Crippen molar-refractivity contribution in [3.63, 3.8) is 0 Å². The van der Waals surface area contributed by atoms with Crippen LogP contribution < -0.4 is 9.47 Å². The molecule has 0 aromatic heterocycles. The van der Waals surface area contributed by atoms with Crippen LogP contribution in [0.1, 0.15) is 18.1 Å². The zero-order chi connectivity index (χ0) is 19.2. The summed E-state index contributed by atoms with van der Waals surface area (Å²) >= 11 is 0. The van der Waals surface area contributed by atoms with Gasteiger partial charge in [0.15, 0.2) is 0 Å². The molecule has 2 rings (SSSR count). The first kappa shape index (κ1) is 19.9. The molecule has 0 heterocycles. The molecule has 0 radical (unpaired) electrons. The van der Waals surface area contributed by atoms with Crippen LogP contribution in [0, 0.1) is 6.92 Å². The van der Waals surface area contributed by atoms with Crippen molar-refractivity contribution >= 4 is 0 Å². The molecule has 4 nitrogen and oxygen atoms in total. The Morgan fingerprint density at radius 3 is 2.08 bits per heavy atom. The first-order chi connectivity index (χ1) is 12.3. The lowest BCUT2D eigenvalue weighted by atomic mass is 10.2. The number of rotatable bonds is 8. The highest BCUT2D eigenvalue weighted by Gasteiger charge is 2.30. The molecule has 0 amide bonds. The fraction of sp³-hybridized carbons (Fsp3) is 0.368. The first-order valence-corrected chi connectivity index (χ1v) is 8.13. The van der Waals surface area contributed by atoms with Gasteiger partial charge in [-0.05, 0) is 61.9 Å². The second-order valence-electron chi connectivity index (χ2n) is 5.67. The quantitative estimate of drug-likeness (QED) is 0.739. The van der Waals surface area contributed by atoms with E-state index in [2.05, 4.69) is 0 Å². The topological polar surface area (TPSA) is 47.9 Å². The van der Waals surface area contributed by atoms with E-state index in [0.29, 0.717) is 23.7 Å². The van der Waals surface area contributed by atoms with Crippen molar-refractivity contribution in [2.24, 2.45) is 0 Å². The maximum Gasteiger partial charge on any atom is 0.416 e. The summed E-state index contributed by atoms with van der Waals surface area (Å²) in [5.41, 5.74) is -0.0336. The van der Waals surface area contributed by atoms with E-state index in [1.165, 1.54) is 12.1 Å². The summed E-state index contributed by atoms with van der Waals surface area (Å²) in [6.07, 6.45) is -4.76. The van der Waals surface area contributed by atoms with Gasteiger partial charge in [0, 0.05) is 6.61 Å². The highest BCUT2D eigenvalue weighted by atomic mass is 19.4. The standard InChI is InChI=1S/C19H21F3O4/c1-3-24-17(12-26-16-8-9-18(23)13(2)10-16)11-25-15-6-4-14(5-7-15)19(20,21)22/h4-10,17,23H,3,11-12H2,1-2H3. The Bertz CT molecular complexity index is 699. The lowest BCUT2D eigenvalue weighted by molar-refractivity contribution is -0.137. The molecular formula is C19H21F3O4. The number of aromatic hydroxyl groups is 1. The van der Waals surface area contributed by atoms with Gasteiger partial charge in [-0.3, -0.25) is 0 Å². The van der Waals surface area contributed by atoms with Crippen LogP contribution in [-0.2, 0) is 10.9 Å². The minimum Gasteiger partial charge on any atom is -0.508 e. The summed E-state index contributed by atoms with van der Waals surface area (Å²) in [5, 5.41) is 9.51. The van der Waals surface area contributed by atoms with Crippen molar-refractivity contribution in [1.29, 1.82) is 0 Å². The number of alkyl halides is 3. The molecular weight excluding hydrogens is 349 g/mol. The van der Waals surface area contributed by atoms with Crippen molar-refractivity contribution in [3.05, 3.63) is 53.6 Å². The molecule has 0 aliphatic heterocycles. The van der Waals surface area contributed by atoms with Gasteiger partial charge in [0.25, 0.3) is 0 Å². The average molecular weight is 370 g/mol. The third kappa shape index (κ3) is 5.84. The zero-order valence-electron chi connectivity index (χ0n) is 14.5. The van der Waals surface area contributed by atoms with E-state index in [4.69, 9.17) is 14.2 Å². The van der Waals surface area contributed by atoms with Gasteiger partial charge in [-0.25, -0.2) is 0 Å². The lowest BCUT2D eigenvalue weighted by Crippen LogP contribution is -2.28. The van der Waals surface area contributed by atoms with E-state index in [9.17, 15) is 18.3 Å². The Labute approximate surface area is 150 Å². The summed E-state index contributed by atoms with van der Waals surface area (Å²) in [5.74, 6) is 1.09. The third-order valence-corrected chi connectivity index (χ3v) is 3.62. The Hall–Kier alpha value is -2.41. The summed E-state index contributed by atoms with van der Waals surface area (Å²) < 4.78 is 54.4. The number of phenols is 1. The number of hydrogen-bond acceptors (Lipinski definition) is 4.